The van der Waals surface area contributed by atoms with Crippen molar-refractivity contribution in [1.29, 1.82) is 0 Å². The van der Waals surface area contributed by atoms with Gasteiger partial charge in [-0.2, -0.15) is 0 Å². The van der Waals surface area contributed by atoms with E-state index < -0.39 is 0 Å². The number of aryl methyl sites for hydroxylation is 1. The quantitative estimate of drug-likeness (QED) is 0.693. The Bertz CT molecular complexity index is 323. The van der Waals surface area contributed by atoms with Crippen molar-refractivity contribution in [2.75, 3.05) is 7.05 Å². The predicted octanol–water partition coefficient (Wildman–Crippen LogP) is 1.90. The number of benzene rings is 1. The summed E-state index contributed by atoms with van der Waals surface area (Å²) in [5.74, 6) is -0.0713. The molecule has 0 saturated carbocycles. The topological polar surface area (TPSA) is 29.1 Å². The molecule has 1 aromatic carbocycles. The van der Waals surface area contributed by atoms with E-state index in [2.05, 4.69) is 24.9 Å². The number of nitrogens with one attached hydrogen (secondary N) is 1. The third kappa shape index (κ3) is 2.25. The van der Waals surface area contributed by atoms with Crippen LogP contribution >= 0.6 is 12.6 Å². The summed E-state index contributed by atoms with van der Waals surface area (Å²) in [6.45, 7) is 2.06. The molecule has 0 unspecified atom stereocenters. The summed E-state index contributed by atoms with van der Waals surface area (Å²) >= 11 is 4.30. The van der Waals surface area contributed by atoms with Crippen molar-refractivity contribution >= 4 is 18.5 Å². The number of hydrogen-bond donors (Lipinski definition) is 2. The third-order valence-electron chi connectivity index (χ3n) is 1.96. The van der Waals surface area contributed by atoms with Crippen LogP contribution in [0.25, 0.3) is 0 Å². The number of carbonyl (C=O) groups is 1. The van der Waals surface area contributed by atoms with E-state index in [9.17, 15) is 4.79 Å². The first-order valence-corrected chi connectivity index (χ1v) is 4.67. The number of carbonyl (C=O) groups excluding carboxylic acids is 1. The Labute approximate surface area is 83.8 Å². The van der Waals surface area contributed by atoms with Gasteiger partial charge in [-0.05, 0) is 24.1 Å². The first kappa shape index (κ1) is 10.1. The summed E-state index contributed by atoms with van der Waals surface area (Å²) in [5, 5.41) is 2.57. The molecule has 3 heteroatoms. The highest BCUT2D eigenvalue weighted by molar-refractivity contribution is 7.80. The molecule has 1 rings (SSSR count). The summed E-state index contributed by atoms with van der Waals surface area (Å²) in [4.78, 5) is 12.1. The molecule has 1 aromatic rings. The maximum Gasteiger partial charge on any atom is 0.251 e. The van der Waals surface area contributed by atoms with Crippen molar-refractivity contribution in [1.82, 2.24) is 5.32 Å². The van der Waals surface area contributed by atoms with Gasteiger partial charge in [0.05, 0.1) is 0 Å². The summed E-state index contributed by atoms with van der Waals surface area (Å²) in [7, 11) is 1.62. The Balaban J connectivity index is 3.02. The van der Waals surface area contributed by atoms with Gasteiger partial charge in [-0.15, -0.1) is 12.6 Å². The van der Waals surface area contributed by atoms with Crippen LogP contribution in [0.4, 0.5) is 0 Å². The van der Waals surface area contributed by atoms with Gasteiger partial charge in [-0.25, -0.2) is 0 Å². The van der Waals surface area contributed by atoms with Crippen LogP contribution in [0.3, 0.4) is 0 Å². The van der Waals surface area contributed by atoms with Gasteiger partial charge in [0.2, 0.25) is 0 Å². The van der Waals surface area contributed by atoms with E-state index in [1.54, 1.807) is 13.1 Å². The van der Waals surface area contributed by atoms with Crippen LogP contribution in [0, 0.1) is 0 Å². The third-order valence-corrected chi connectivity index (χ3v) is 2.37. The highest BCUT2D eigenvalue weighted by Gasteiger charge is 2.04. The molecule has 0 radical (unpaired) electrons. The van der Waals surface area contributed by atoms with Crippen molar-refractivity contribution in [3.05, 3.63) is 29.3 Å². The molecule has 0 saturated heterocycles. The average molecular weight is 195 g/mol. The van der Waals surface area contributed by atoms with Gasteiger partial charge < -0.3 is 5.32 Å². The van der Waals surface area contributed by atoms with E-state index >= 15 is 0 Å². The largest absolute Gasteiger partial charge is 0.355 e. The molecule has 1 N–H and O–H groups in total. The van der Waals surface area contributed by atoms with Gasteiger partial charge in [0.1, 0.15) is 0 Å². The SMILES string of the molecule is CCc1ccc(C(=O)NC)cc1S. The van der Waals surface area contributed by atoms with Crippen molar-refractivity contribution in [2.24, 2.45) is 0 Å². The van der Waals surface area contributed by atoms with Crippen molar-refractivity contribution < 1.29 is 4.79 Å². The van der Waals surface area contributed by atoms with Gasteiger partial charge in [0, 0.05) is 17.5 Å². The molecular weight excluding hydrogens is 182 g/mol. The van der Waals surface area contributed by atoms with Crippen molar-refractivity contribution in [3.8, 4) is 0 Å². The molecule has 0 aromatic heterocycles. The maximum absolute atomic E-state index is 11.2. The maximum atomic E-state index is 11.2. The van der Waals surface area contributed by atoms with Gasteiger partial charge >= 0.3 is 0 Å². The van der Waals surface area contributed by atoms with Gasteiger partial charge in [0.25, 0.3) is 5.91 Å². The Hall–Kier alpha value is -0.960. The smallest absolute Gasteiger partial charge is 0.251 e. The van der Waals surface area contributed by atoms with E-state index in [4.69, 9.17) is 0 Å². The summed E-state index contributed by atoms with van der Waals surface area (Å²) < 4.78 is 0. The minimum atomic E-state index is -0.0713. The highest BCUT2D eigenvalue weighted by Crippen LogP contribution is 2.16. The van der Waals surface area contributed by atoms with E-state index in [-0.39, 0.29) is 5.91 Å². The first-order valence-electron chi connectivity index (χ1n) is 4.23. The summed E-state index contributed by atoms with van der Waals surface area (Å²) in [5.41, 5.74) is 1.82. The number of thiol groups is 1. The number of hydrogen-bond acceptors (Lipinski definition) is 2. The Morgan fingerprint density at radius 1 is 1.54 bits per heavy atom. The van der Waals surface area contributed by atoms with Crippen LogP contribution in [-0.4, -0.2) is 13.0 Å². The minimum absolute atomic E-state index is 0.0713. The predicted molar refractivity (Wildman–Crippen MR) is 56.5 cm³/mol. The second-order valence-corrected chi connectivity index (χ2v) is 3.26. The second kappa shape index (κ2) is 4.33. The lowest BCUT2D eigenvalue weighted by atomic mass is 10.1. The van der Waals surface area contributed by atoms with Crippen LogP contribution in [-0.2, 0) is 6.42 Å². The molecule has 0 fully saturated rings. The fourth-order valence-electron chi connectivity index (χ4n) is 1.15. The zero-order chi connectivity index (χ0) is 9.84. The van der Waals surface area contributed by atoms with Crippen molar-refractivity contribution in [3.63, 3.8) is 0 Å². The first-order chi connectivity index (χ1) is 6.19. The number of rotatable bonds is 2. The fraction of sp³-hybridized carbons (Fsp3) is 0.300. The van der Waals surface area contributed by atoms with Crippen molar-refractivity contribution in [2.45, 2.75) is 18.2 Å². The zero-order valence-corrected chi connectivity index (χ0v) is 8.69. The minimum Gasteiger partial charge on any atom is -0.355 e. The lowest BCUT2D eigenvalue weighted by molar-refractivity contribution is 0.0963. The monoisotopic (exact) mass is 195 g/mol. The molecule has 0 aliphatic heterocycles. The molecule has 0 heterocycles. The molecule has 0 atom stereocenters. The number of amides is 1. The fourth-order valence-corrected chi connectivity index (χ4v) is 1.52. The summed E-state index contributed by atoms with van der Waals surface area (Å²) in [6, 6.07) is 5.55. The standard InChI is InChI=1S/C10H13NOS/c1-3-7-4-5-8(6-9(7)13)10(12)11-2/h4-6,13H,3H2,1-2H3,(H,11,12). The zero-order valence-electron chi connectivity index (χ0n) is 7.79. The van der Waals surface area contributed by atoms with Gasteiger partial charge in [-0.1, -0.05) is 13.0 Å². The van der Waals surface area contributed by atoms with Gasteiger partial charge in [-0.3, -0.25) is 4.79 Å². The van der Waals surface area contributed by atoms with E-state index in [0.717, 1.165) is 16.9 Å². The molecule has 0 spiro atoms. The van der Waals surface area contributed by atoms with Crippen LogP contribution in [0.2, 0.25) is 0 Å². The molecule has 70 valence electrons. The molecule has 0 aliphatic carbocycles. The Kier molecular flexibility index (Phi) is 3.37. The van der Waals surface area contributed by atoms with E-state index in [0.29, 0.717) is 5.56 Å². The second-order valence-electron chi connectivity index (χ2n) is 2.78. The van der Waals surface area contributed by atoms with Crippen LogP contribution < -0.4 is 5.32 Å². The summed E-state index contributed by atoms with van der Waals surface area (Å²) in [6.07, 6.45) is 0.937. The highest BCUT2D eigenvalue weighted by atomic mass is 32.1. The van der Waals surface area contributed by atoms with Crippen LogP contribution in [0.15, 0.2) is 23.1 Å². The molecule has 1 amide bonds. The lowest BCUT2D eigenvalue weighted by Crippen LogP contribution is -2.17. The lowest BCUT2D eigenvalue weighted by Gasteiger charge is -2.04. The van der Waals surface area contributed by atoms with Crippen LogP contribution in [0.5, 0.6) is 0 Å². The molecule has 0 aliphatic rings. The average Bonchev–Trinajstić information content (AvgIpc) is 2.16. The molecule has 13 heavy (non-hydrogen) atoms. The van der Waals surface area contributed by atoms with Gasteiger partial charge in [0.15, 0.2) is 0 Å². The Morgan fingerprint density at radius 3 is 2.69 bits per heavy atom. The normalized spacial score (nSPS) is 9.77. The van der Waals surface area contributed by atoms with Crippen LogP contribution in [0.1, 0.15) is 22.8 Å². The molecular formula is C10H13NOS. The van der Waals surface area contributed by atoms with E-state index in [1.807, 2.05) is 12.1 Å². The molecule has 0 bridgehead atoms. The molecule has 2 nitrogen and oxygen atoms in total. The Morgan fingerprint density at radius 2 is 2.23 bits per heavy atom. The van der Waals surface area contributed by atoms with E-state index in [1.165, 1.54) is 0 Å².